The predicted molar refractivity (Wildman–Crippen MR) is 66.9 cm³/mol. The van der Waals surface area contributed by atoms with Crippen molar-refractivity contribution in [2.75, 3.05) is 11.4 Å². The summed E-state index contributed by atoms with van der Waals surface area (Å²) in [5, 5.41) is 9.16. The maximum absolute atomic E-state index is 9.16. The first-order valence-electron chi connectivity index (χ1n) is 6.01. The normalized spacial score (nSPS) is 18.8. The van der Waals surface area contributed by atoms with E-state index in [1.807, 2.05) is 6.20 Å². The number of hydrogen-bond donors (Lipinski definition) is 1. The lowest BCUT2D eigenvalue weighted by atomic mass is 10.2. The molecule has 90 valence electrons. The third-order valence-corrected chi connectivity index (χ3v) is 3.27. The molecule has 0 amide bonds. The Kier molecular flexibility index (Phi) is 2.69. The number of nitrogens with one attached hydrogen (secondary N) is 1. The quantitative estimate of drug-likeness (QED) is 0.870. The summed E-state index contributed by atoms with van der Waals surface area (Å²) in [4.78, 5) is 14.0. The summed E-state index contributed by atoms with van der Waals surface area (Å²) in [7, 11) is 0. The topological polar surface area (TPSA) is 68.6 Å². The molecule has 5 heteroatoms. The average Bonchev–Trinajstić information content (AvgIpc) is 3.09. The maximum Gasteiger partial charge on any atom is 0.147 e. The van der Waals surface area contributed by atoms with Crippen LogP contribution < -0.4 is 4.90 Å². The minimum absolute atomic E-state index is 0.196. The van der Waals surface area contributed by atoms with E-state index >= 15 is 0 Å². The van der Waals surface area contributed by atoms with Gasteiger partial charge in [-0.25, -0.2) is 9.97 Å². The van der Waals surface area contributed by atoms with Crippen molar-refractivity contribution in [2.24, 2.45) is 0 Å². The number of anilines is 1. The Morgan fingerprint density at radius 3 is 3.11 bits per heavy atom. The molecule has 1 atom stereocenters. The summed E-state index contributed by atoms with van der Waals surface area (Å²) in [6.45, 7) is 0.914. The van der Waals surface area contributed by atoms with E-state index in [0.717, 1.165) is 31.0 Å². The molecule has 0 bridgehead atoms. The van der Waals surface area contributed by atoms with E-state index in [9.17, 15) is 0 Å². The number of aromatic nitrogens is 3. The molecule has 0 spiro atoms. The maximum atomic E-state index is 9.16. The third-order valence-electron chi connectivity index (χ3n) is 3.27. The van der Waals surface area contributed by atoms with E-state index in [0.29, 0.717) is 5.56 Å². The highest BCUT2D eigenvalue weighted by Crippen LogP contribution is 2.34. The fourth-order valence-corrected chi connectivity index (χ4v) is 2.48. The van der Waals surface area contributed by atoms with Crippen LogP contribution in [0.5, 0.6) is 0 Å². The number of nitriles is 1. The molecule has 1 aliphatic rings. The number of hydrogen-bond acceptors (Lipinski definition) is 4. The van der Waals surface area contributed by atoms with Crippen LogP contribution in [0.3, 0.4) is 0 Å². The van der Waals surface area contributed by atoms with Crippen LogP contribution in [0.25, 0.3) is 0 Å². The monoisotopic (exact) mass is 239 g/mol. The number of pyridine rings is 1. The smallest absolute Gasteiger partial charge is 0.147 e. The van der Waals surface area contributed by atoms with Gasteiger partial charge in [-0.05, 0) is 25.0 Å². The Morgan fingerprint density at radius 1 is 1.39 bits per heavy atom. The molecule has 3 rings (SSSR count). The molecule has 1 aliphatic heterocycles. The van der Waals surface area contributed by atoms with E-state index in [1.54, 1.807) is 24.5 Å². The van der Waals surface area contributed by atoms with E-state index < -0.39 is 0 Å². The van der Waals surface area contributed by atoms with Gasteiger partial charge >= 0.3 is 0 Å². The van der Waals surface area contributed by atoms with Crippen molar-refractivity contribution >= 4 is 5.82 Å². The number of imidazole rings is 1. The summed E-state index contributed by atoms with van der Waals surface area (Å²) in [6.07, 6.45) is 7.44. The summed E-state index contributed by atoms with van der Waals surface area (Å²) >= 11 is 0. The van der Waals surface area contributed by atoms with E-state index in [1.165, 1.54) is 0 Å². The highest BCUT2D eigenvalue weighted by Gasteiger charge is 2.30. The molecule has 0 saturated carbocycles. The molecule has 1 fully saturated rings. The van der Waals surface area contributed by atoms with E-state index in [2.05, 4.69) is 25.9 Å². The van der Waals surface area contributed by atoms with Crippen molar-refractivity contribution < 1.29 is 0 Å². The number of aromatic amines is 1. The highest BCUT2D eigenvalue weighted by atomic mass is 15.2. The third kappa shape index (κ3) is 1.72. The molecule has 0 aromatic carbocycles. The van der Waals surface area contributed by atoms with Gasteiger partial charge in [-0.15, -0.1) is 0 Å². The zero-order chi connectivity index (χ0) is 12.4. The van der Waals surface area contributed by atoms with E-state index in [4.69, 9.17) is 5.26 Å². The molecule has 2 aromatic rings. The zero-order valence-electron chi connectivity index (χ0n) is 9.87. The fraction of sp³-hybridized carbons (Fsp3) is 0.308. The molecule has 1 N–H and O–H groups in total. The average molecular weight is 239 g/mol. The first kappa shape index (κ1) is 10.8. The van der Waals surface area contributed by atoms with Gasteiger partial charge in [0.05, 0.1) is 11.6 Å². The first-order chi connectivity index (χ1) is 8.90. The van der Waals surface area contributed by atoms with Crippen molar-refractivity contribution in [1.29, 1.82) is 5.26 Å². The molecular formula is C13H13N5. The Labute approximate surface area is 105 Å². The Hall–Kier alpha value is -2.35. The molecule has 1 saturated heterocycles. The summed E-state index contributed by atoms with van der Waals surface area (Å²) < 4.78 is 0. The minimum atomic E-state index is 0.196. The van der Waals surface area contributed by atoms with Gasteiger partial charge in [0.15, 0.2) is 0 Å². The lowest BCUT2D eigenvalue weighted by Gasteiger charge is -2.24. The van der Waals surface area contributed by atoms with Gasteiger partial charge in [0.25, 0.3) is 0 Å². The largest absolute Gasteiger partial charge is 0.347 e. The van der Waals surface area contributed by atoms with Crippen LogP contribution in [-0.4, -0.2) is 21.5 Å². The van der Waals surface area contributed by atoms with Crippen LogP contribution in [0, 0.1) is 11.3 Å². The molecular weight excluding hydrogens is 226 g/mol. The first-order valence-corrected chi connectivity index (χ1v) is 6.01. The van der Waals surface area contributed by atoms with Gasteiger partial charge in [0.1, 0.15) is 17.7 Å². The van der Waals surface area contributed by atoms with Crippen LogP contribution in [0.1, 0.15) is 30.3 Å². The highest BCUT2D eigenvalue weighted by molar-refractivity contribution is 5.55. The second kappa shape index (κ2) is 4.49. The predicted octanol–water partition coefficient (Wildman–Crippen LogP) is 2.02. The van der Waals surface area contributed by atoms with Crippen LogP contribution in [-0.2, 0) is 0 Å². The summed E-state index contributed by atoms with van der Waals surface area (Å²) in [5.41, 5.74) is 0.621. The number of rotatable bonds is 2. The second-order valence-corrected chi connectivity index (χ2v) is 4.31. The van der Waals surface area contributed by atoms with Crippen molar-refractivity contribution in [2.45, 2.75) is 18.9 Å². The van der Waals surface area contributed by atoms with Gasteiger partial charge < -0.3 is 9.88 Å². The second-order valence-electron chi connectivity index (χ2n) is 4.31. The molecule has 0 radical (unpaired) electrons. The van der Waals surface area contributed by atoms with Crippen LogP contribution >= 0.6 is 0 Å². The van der Waals surface area contributed by atoms with Crippen molar-refractivity contribution in [3.05, 3.63) is 42.1 Å². The van der Waals surface area contributed by atoms with E-state index in [-0.39, 0.29) is 6.04 Å². The fourth-order valence-electron chi connectivity index (χ4n) is 2.48. The van der Waals surface area contributed by atoms with Gasteiger partial charge in [0.2, 0.25) is 0 Å². The lowest BCUT2D eigenvalue weighted by Crippen LogP contribution is -2.25. The standard InChI is InChI=1S/C13H13N5/c14-9-10-3-1-5-17-13(10)18-8-2-4-11(18)12-15-6-7-16-12/h1,3,5-7,11H,2,4,8H2,(H,15,16). The number of nitrogens with zero attached hydrogens (tertiary/aromatic N) is 4. The van der Waals surface area contributed by atoms with Gasteiger partial charge in [0, 0.05) is 25.1 Å². The molecule has 2 aromatic heterocycles. The van der Waals surface area contributed by atoms with Crippen LogP contribution in [0.2, 0.25) is 0 Å². The molecule has 5 nitrogen and oxygen atoms in total. The molecule has 3 heterocycles. The number of H-pyrrole nitrogens is 1. The lowest BCUT2D eigenvalue weighted by molar-refractivity contribution is 0.669. The van der Waals surface area contributed by atoms with Crippen LogP contribution in [0.4, 0.5) is 5.82 Å². The van der Waals surface area contributed by atoms with Crippen LogP contribution in [0.15, 0.2) is 30.7 Å². The summed E-state index contributed by atoms with van der Waals surface area (Å²) in [5.74, 6) is 1.71. The van der Waals surface area contributed by atoms with Gasteiger partial charge in [-0.3, -0.25) is 0 Å². The molecule has 1 unspecified atom stereocenters. The van der Waals surface area contributed by atoms with Crippen molar-refractivity contribution in [3.8, 4) is 6.07 Å². The zero-order valence-corrected chi connectivity index (χ0v) is 9.87. The molecule has 18 heavy (non-hydrogen) atoms. The SMILES string of the molecule is N#Cc1cccnc1N1CCCC1c1ncc[nH]1. The van der Waals surface area contributed by atoms with Crippen molar-refractivity contribution in [1.82, 2.24) is 15.0 Å². The van der Waals surface area contributed by atoms with Gasteiger partial charge in [-0.1, -0.05) is 0 Å². The Bertz CT molecular complexity index is 569. The van der Waals surface area contributed by atoms with Gasteiger partial charge in [-0.2, -0.15) is 5.26 Å². The van der Waals surface area contributed by atoms with Crippen molar-refractivity contribution in [3.63, 3.8) is 0 Å². The minimum Gasteiger partial charge on any atom is -0.347 e. The Balaban J connectivity index is 1.98. The molecule has 0 aliphatic carbocycles. The summed E-state index contributed by atoms with van der Waals surface area (Å²) in [6, 6.07) is 6.00. The Morgan fingerprint density at radius 2 is 2.33 bits per heavy atom.